The van der Waals surface area contributed by atoms with Crippen LogP contribution >= 0.6 is 0 Å². The van der Waals surface area contributed by atoms with E-state index in [1.54, 1.807) is 0 Å². The molecule has 1 rings (SSSR count). The third-order valence-corrected chi connectivity index (χ3v) is 8.44. The molecule has 0 N–H and O–H groups in total. The zero-order chi connectivity index (χ0) is 11.3. The molecule has 15 heavy (non-hydrogen) atoms. The minimum atomic E-state index is -2.79. The largest absolute Gasteiger partial charge is 0.658 e. The Balaban J connectivity index is 2.63. The van der Waals surface area contributed by atoms with Gasteiger partial charge in [0.05, 0.1) is 0 Å². The van der Waals surface area contributed by atoms with Crippen LogP contribution in [0.15, 0.2) is 0 Å². The Labute approximate surface area is 98.0 Å². The summed E-state index contributed by atoms with van der Waals surface area (Å²) in [7, 11) is -1.96. The van der Waals surface area contributed by atoms with Crippen LogP contribution in [0.2, 0.25) is 11.1 Å². The summed E-state index contributed by atoms with van der Waals surface area (Å²) >= 11 is 0. The molecule has 1 fully saturated rings. The second-order valence-electron chi connectivity index (χ2n) is 3.38. The third kappa shape index (κ3) is 3.77. The monoisotopic (exact) mass is 262 g/mol. The van der Waals surface area contributed by atoms with Crippen LogP contribution < -0.4 is 0 Å². The van der Waals surface area contributed by atoms with Crippen LogP contribution in [0.25, 0.3) is 0 Å². The highest BCUT2D eigenvalue weighted by Crippen LogP contribution is 2.28. The lowest BCUT2D eigenvalue weighted by Gasteiger charge is -2.25. The van der Waals surface area contributed by atoms with E-state index in [9.17, 15) is 0 Å². The molecule has 1 aliphatic rings. The van der Waals surface area contributed by atoms with E-state index in [2.05, 4.69) is 13.8 Å². The van der Waals surface area contributed by atoms with Gasteiger partial charge in [-0.05, 0) is 24.9 Å². The maximum Gasteiger partial charge on any atom is 0.658 e. The molecule has 1 heterocycles. The quantitative estimate of drug-likeness (QED) is 0.718. The molecule has 0 saturated carbocycles. The minimum absolute atomic E-state index is 0.414. The molecule has 1 aliphatic heterocycles. The summed E-state index contributed by atoms with van der Waals surface area (Å²) in [4.78, 5) is 0. The van der Waals surface area contributed by atoms with Gasteiger partial charge in [0.25, 0.3) is 0 Å². The smallest absolute Gasteiger partial charge is 0.394 e. The van der Waals surface area contributed by atoms with E-state index < -0.39 is 9.05 Å². The Kier molecular flexibility index (Phi) is 5.68. The highest BCUT2D eigenvalue weighted by molar-refractivity contribution is 6.67. The maximum atomic E-state index is 5.76. The topological polar surface area (TPSA) is 36.9 Å². The van der Waals surface area contributed by atoms with Crippen LogP contribution in [0.4, 0.5) is 0 Å². The Morgan fingerprint density at radius 1 is 1.00 bits per heavy atom. The zero-order valence-corrected chi connectivity index (χ0v) is 12.7. The third-order valence-electron chi connectivity index (χ3n) is 2.13. The molecule has 7 heteroatoms. The predicted octanol–water partition coefficient (Wildman–Crippen LogP) is 1.40. The Bertz CT molecular complexity index is 173. The van der Waals surface area contributed by atoms with Crippen molar-refractivity contribution < 1.29 is 17.1 Å². The molecule has 0 aliphatic carbocycles. The Morgan fingerprint density at radius 3 is 1.73 bits per heavy atom. The fourth-order valence-electron chi connectivity index (χ4n) is 1.07. The van der Waals surface area contributed by atoms with Crippen molar-refractivity contribution >= 4 is 28.6 Å². The lowest BCUT2D eigenvalue weighted by Crippen LogP contribution is -2.49. The molecule has 2 unspecified atom stereocenters. The molecule has 0 spiro atoms. The average Bonchev–Trinajstić information content (AvgIpc) is 2.34. The van der Waals surface area contributed by atoms with Crippen molar-refractivity contribution in [3.05, 3.63) is 0 Å². The fourth-order valence-corrected chi connectivity index (χ4v) is 6.80. The molecular weight excluding hydrogens is 244 g/mol. The van der Waals surface area contributed by atoms with Gasteiger partial charge in [-0.1, -0.05) is 13.8 Å². The molecule has 86 valence electrons. The van der Waals surface area contributed by atoms with Crippen LogP contribution in [0.3, 0.4) is 0 Å². The van der Waals surface area contributed by atoms with Crippen molar-refractivity contribution in [3.63, 3.8) is 0 Å². The Morgan fingerprint density at radius 2 is 1.40 bits per heavy atom. The molecular formula is C8H18O4Si3. The Hall–Kier alpha value is 0.491. The number of hydrogen-bond acceptors (Lipinski definition) is 4. The van der Waals surface area contributed by atoms with Crippen LogP contribution in [-0.4, -0.2) is 41.8 Å². The SMILES string of the molecule is CCO[Si]1(OCC)O[Si]C(C)C(C)[Si]O1. The summed E-state index contributed by atoms with van der Waals surface area (Å²) in [5, 5.41) is 0. The summed E-state index contributed by atoms with van der Waals surface area (Å²) in [6.45, 7) is 9.38. The van der Waals surface area contributed by atoms with Gasteiger partial charge in [0.15, 0.2) is 0 Å². The van der Waals surface area contributed by atoms with Crippen molar-refractivity contribution in [1.82, 2.24) is 0 Å². The van der Waals surface area contributed by atoms with E-state index in [1.807, 2.05) is 13.8 Å². The van der Waals surface area contributed by atoms with Gasteiger partial charge in [0.2, 0.25) is 19.5 Å². The molecule has 4 nitrogen and oxygen atoms in total. The molecule has 0 aromatic carbocycles. The van der Waals surface area contributed by atoms with Crippen molar-refractivity contribution in [3.8, 4) is 0 Å². The first-order valence-electron chi connectivity index (χ1n) is 5.28. The van der Waals surface area contributed by atoms with E-state index in [4.69, 9.17) is 17.1 Å². The lowest BCUT2D eigenvalue weighted by molar-refractivity contribution is 0.0530. The molecule has 4 radical (unpaired) electrons. The maximum absolute atomic E-state index is 5.76. The molecule has 0 aromatic heterocycles. The molecule has 0 amide bonds. The first-order chi connectivity index (χ1) is 7.13. The van der Waals surface area contributed by atoms with Crippen molar-refractivity contribution in [1.29, 1.82) is 0 Å². The first kappa shape index (κ1) is 13.6. The highest BCUT2D eigenvalue weighted by Gasteiger charge is 2.47. The summed E-state index contributed by atoms with van der Waals surface area (Å²) in [5.41, 5.74) is 1.05. The highest BCUT2D eigenvalue weighted by atomic mass is 28.5. The second kappa shape index (κ2) is 6.28. The second-order valence-corrected chi connectivity index (χ2v) is 8.89. The van der Waals surface area contributed by atoms with Crippen molar-refractivity contribution in [2.24, 2.45) is 0 Å². The van der Waals surface area contributed by atoms with Crippen molar-refractivity contribution in [2.45, 2.75) is 38.8 Å². The first-order valence-corrected chi connectivity index (χ1v) is 8.89. The van der Waals surface area contributed by atoms with E-state index in [0.717, 1.165) is 0 Å². The van der Waals surface area contributed by atoms with Gasteiger partial charge < -0.3 is 17.1 Å². The van der Waals surface area contributed by atoms with Gasteiger partial charge in [0.1, 0.15) is 0 Å². The predicted molar refractivity (Wildman–Crippen MR) is 61.5 cm³/mol. The van der Waals surface area contributed by atoms with Crippen LogP contribution in [0.1, 0.15) is 27.7 Å². The number of hydrogen-bond donors (Lipinski definition) is 0. The summed E-state index contributed by atoms with van der Waals surface area (Å²) in [6, 6.07) is 0. The van der Waals surface area contributed by atoms with Crippen LogP contribution in [-0.2, 0) is 17.1 Å². The van der Waals surface area contributed by atoms with Gasteiger partial charge in [0, 0.05) is 13.2 Å². The summed E-state index contributed by atoms with van der Waals surface area (Å²) in [6.07, 6.45) is 0. The van der Waals surface area contributed by atoms with Crippen LogP contribution in [0.5, 0.6) is 0 Å². The van der Waals surface area contributed by atoms with Crippen LogP contribution in [0, 0.1) is 0 Å². The minimum Gasteiger partial charge on any atom is -0.394 e. The fraction of sp³-hybridized carbons (Fsp3) is 1.00. The zero-order valence-electron chi connectivity index (χ0n) is 9.70. The van der Waals surface area contributed by atoms with E-state index in [1.165, 1.54) is 0 Å². The molecule has 1 saturated heterocycles. The van der Waals surface area contributed by atoms with E-state index in [-0.39, 0.29) is 0 Å². The average molecular weight is 262 g/mol. The number of rotatable bonds is 4. The standard InChI is InChI=1S/C8H18O4Si3/c1-5-9-15(10-6-2)11-13-7(3)8(4)14-12-15/h7-8H,5-6H2,1-4H3. The van der Waals surface area contributed by atoms with Gasteiger partial charge in [-0.3, -0.25) is 0 Å². The van der Waals surface area contributed by atoms with Gasteiger partial charge in [-0.15, -0.1) is 0 Å². The lowest BCUT2D eigenvalue weighted by atomic mass is 10.4. The normalized spacial score (nSPS) is 31.2. The van der Waals surface area contributed by atoms with Gasteiger partial charge in [-0.25, -0.2) is 0 Å². The van der Waals surface area contributed by atoms with E-state index in [0.29, 0.717) is 43.8 Å². The molecule has 2 atom stereocenters. The summed E-state index contributed by atoms with van der Waals surface area (Å²) in [5.74, 6) is 0. The van der Waals surface area contributed by atoms with Gasteiger partial charge in [-0.2, -0.15) is 0 Å². The van der Waals surface area contributed by atoms with Gasteiger partial charge >= 0.3 is 9.05 Å². The van der Waals surface area contributed by atoms with E-state index >= 15 is 0 Å². The van der Waals surface area contributed by atoms with Crippen molar-refractivity contribution in [2.75, 3.05) is 13.2 Å². The molecule has 0 bridgehead atoms. The summed E-state index contributed by atoms with van der Waals surface area (Å²) < 4.78 is 22.7. The molecule has 0 aromatic rings.